The number of aromatic nitrogens is 14. The molecule has 0 spiro atoms. The van der Waals surface area contributed by atoms with Crippen molar-refractivity contribution in [3.63, 3.8) is 0 Å². The van der Waals surface area contributed by atoms with Crippen LogP contribution in [-0.4, -0.2) is 74.3 Å². The van der Waals surface area contributed by atoms with Gasteiger partial charge in [-0.2, -0.15) is 5.10 Å². The molecule has 26 heteroatoms. The van der Waals surface area contributed by atoms with Gasteiger partial charge in [-0.1, -0.05) is 141 Å². The predicted octanol–water partition coefficient (Wildman–Crippen LogP) is 21.7. The van der Waals surface area contributed by atoms with Crippen molar-refractivity contribution in [2.75, 3.05) is 28.7 Å². The number of oxazole rings is 1. The molecule has 614 valence electrons. The van der Waals surface area contributed by atoms with E-state index in [1.165, 1.54) is 73.3 Å². The van der Waals surface area contributed by atoms with E-state index in [-0.39, 0.29) is 43.1 Å². The average Bonchev–Trinajstić information content (AvgIpc) is 0.982. The maximum absolute atomic E-state index is 13.6. The highest BCUT2D eigenvalue weighted by molar-refractivity contribution is 6.07. The number of nitrogens with one attached hydrogen (secondary N) is 1. The van der Waals surface area contributed by atoms with Crippen LogP contribution >= 0.6 is 0 Å². The van der Waals surface area contributed by atoms with Gasteiger partial charge >= 0.3 is 0 Å². The Kier molecular flexibility index (Phi) is 23.4. The highest BCUT2D eigenvalue weighted by Crippen LogP contribution is 2.40. The van der Waals surface area contributed by atoms with Gasteiger partial charge in [-0.25, -0.2) is 71.5 Å². The number of nitrogens with zero attached hydrogens (tertiary/aromatic N) is 13. The number of para-hydroxylation sites is 2. The van der Waals surface area contributed by atoms with Gasteiger partial charge in [0.15, 0.2) is 5.82 Å². The van der Waals surface area contributed by atoms with E-state index in [0.29, 0.717) is 46.5 Å². The number of nitrogen functional groups attached to an aromatic ring is 5. The summed E-state index contributed by atoms with van der Waals surface area (Å²) in [5.74, 6) is 2.70. The van der Waals surface area contributed by atoms with Gasteiger partial charge < -0.3 is 47.7 Å². The van der Waals surface area contributed by atoms with Crippen molar-refractivity contribution in [1.29, 1.82) is 0 Å². The lowest BCUT2D eigenvalue weighted by atomic mass is 9.98. The van der Waals surface area contributed by atoms with Crippen LogP contribution in [0.4, 0.5) is 51.0 Å². The summed E-state index contributed by atoms with van der Waals surface area (Å²) in [6, 6.07) is 72.9. The number of nitrogens with two attached hydrogens (primary N) is 5. The molecule has 0 saturated carbocycles. The van der Waals surface area contributed by atoms with Crippen LogP contribution in [0.1, 0.15) is 13.0 Å². The largest absolute Gasteiger partial charge is 0.444 e. The number of rotatable bonds is 11. The van der Waals surface area contributed by atoms with E-state index in [2.05, 4.69) is 59.9 Å². The zero-order valence-electron chi connectivity index (χ0n) is 66.2. The molecule has 12 N–H and O–H groups in total. The number of halogens is 5. The van der Waals surface area contributed by atoms with E-state index >= 15 is 0 Å². The molecule has 0 unspecified atom stereocenters. The maximum Gasteiger partial charge on any atom is 0.228 e. The summed E-state index contributed by atoms with van der Waals surface area (Å²) in [4.78, 5) is 46.7. The Morgan fingerprint density at radius 2 is 0.744 bits per heavy atom. The van der Waals surface area contributed by atoms with E-state index in [9.17, 15) is 27.1 Å². The summed E-state index contributed by atoms with van der Waals surface area (Å²) in [7, 11) is 3.75. The first-order chi connectivity index (χ1) is 60.3. The molecule has 11 aromatic carbocycles. The highest BCUT2D eigenvalue weighted by Gasteiger charge is 2.20. The Morgan fingerprint density at radius 3 is 1.13 bits per heavy atom. The van der Waals surface area contributed by atoms with Crippen LogP contribution in [0.25, 0.3) is 177 Å². The second-order valence-corrected chi connectivity index (χ2v) is 28.9. The van der Waals surface area contributed by atoms with E-state index in [1.54, 1.807) is 90.8 Å². The molecule has 21 aromatic rings. The van der Waals surface area contributed by atoms with Gasteiger partial charge in [-0.15, -0.1) is 0 Å². The summed E-state index contributed by atoms with van der Waals surface area (Å²) < 4.78 is 76.5. The monoisotopic (exact) mass is 1660 g/mol. The quantitative estimate of drug-likeness (QED) is 0.0592. The number of H-pyrrole nitrogens is 1. The minimum absolute atomic E-state index is 0. The third-order valence-electron chi connectivity index (χ3n) is 20.9. The maximum atomic E-state index is 13.6. The van der Waals surface area contributed by atoms with E-state index in [0.717, 1.165) is 165 Å². The minimum Gasteiger partial charge on any atom is -0.444 e. The fraction of sp³-hybridized carbons (Fsp3) is 0.0404. The number of hydrogen-bond donors (Lipinski definition) is 7. The molecule has 10 aromatic heterocycles. The van der Waals surface area contributed by atoms with Crippen LogP contribution in [0, 0.1) is 29.1 Å². The average molecular weight is 1660 g/mol. The topological polar surface area (TPSA) is 331 Å². The van der Waals surface area contributed by atoms with Crippen LogP contribution in [0.15, 0.2) is 322 Å². The van der Waals surface area contributed by atoms with Gasteiger partial charge in [0.25, 0.3) is 0 Å². The SMILES string of the molecule is C.Cn1cnc(-c2cnc(N)c3cc(-c4cccc(F)c4)ccc23)c1.Cn1ncnc1-c1cnc(N)c2cc(-c3cccc(F)c3)ccc12.Nc1ncc(-c2cc(CO)ccn2)c2ccc(-c3cccc(F)c3)cc12.Nc1ncc(-c2nc3ccccc3[nH]2)c2ccc(-c3cccc(F)c3)cc12.Nc1ncc(-c2ncco2)c2ccc(-c3cccc(F)c3)cc12. The van der Waals surface area contributed by atoms with Crippen LogP contribution in [0.5, 0.6) is 0 Å². The lowest BCUT2D eigenvalue weighted by Gasteiger charge is -2.11. The number of imidazole rings is 2. The molecule has 0 radical (unpaired) electrons. The second kappa shape index (κ2) is 35.7. The number of anilines is 5. The zero-order chi connectivity index (χ0) is 85.6. The summed E-state index contributed by atoms with van der Waals surface area (Å²) in [5.41, 5.74) is 47.2. The molecule has 0 aliphatic rings. The lowest BCUT2D eigenvalue weighted by Crippen LogP contribution is -1.98. The van der Waals surface area contributed by atoms with Crippen molar-refractivity contribution in [2.24, 2.45) is 14.1 Å². The van der Waals surface area contributed by atoms with Gasteiger partial charge in [-0.05, 0) is 203 Å². The Balaban J connectivity index is 0.000000115. The smallest absolute Gasteiger partial charge is 0.228 e. The van der Waals surface area contributed by atoms with Gasteiger partial charge in [0.1, 0.15) is 76.6 Å². The first-order valence-corrected chi connectivity index (χ1v) is 38.8. The molecule has 0 aliphatic heterocycles. The lowest BCUT2D eigenvalue weighted by molar-refractivity contribution is 0.282. The van der Waals surface area contributed by atoms with Crippen LogP contribution in [0.3, 0.4) is 0 Å². The molecule has 0 atom stereocenters. The molecule has 0 fully saturated rings. The summed E-state index contributed by atoms with van der Waals surface area (Å²) in [5, 5.41) is 22.1. The molecule has 21 nitrogen and oxygen atoms in total. The fourth-order valence-electron chi connectivity index (χ4n) is 14.8. The number of aromatic amines is 1. The van der Waals surface area contributed by atoms with Gasteiger partial charge in [0.05, 0.1) is 47.1 Å². The Morgan fingerprint density at radius 1 is 0.360 bits per heavy atom. The molecule has 10 heterocycles. The molecule has 125 heavy (non-hydrogen) atoms. The predicted molar refractivity (Wildman–Crippen MR) is 486 cm³/mol. The number of pyridine rings is 6. The first-order valence-electron chi connectivity index (χ1n) is 38.8. The number of hydrogen-bond acceptors (Lipinski definition) is 18. The third kappa shape index (κ3) is 17.5. The van der Waals surface area contributed by atoms with Crippen molar-refractivity contribution in [3.05, 3.63) is 352 Å². The Labute approximate surface area is 711 Å². The first kappa shape index (κ1) is 82.0. The van der Waals surface area contributed by atoms with Gasteiger partial charge in [-0.3, -0.25) is 4.98 Å². The second-order valence-electron chi connectivity index (χ2n) is 28.9. The molecule has 0 aliphatic carbocycles. The summed E-state index contributed by atoms with van der Waals surface area (Å²) in [6.07, 6.45) is 18.4. The number of fused-ring (bicyclic) bond motifs is 6. The molecule has 21 rings (SSSR count). The van der Waals surface area contributed by atoms with Crippen LogP contribution < -0.4 is 28.7 Å². The van der Waals surface area contributed by atoms with Crippen molar-refractivity contribution < 1.29 is 31.5 Å². The molecule has 0 bridgehead atoms. The number of aryl methyl sites for hydroxylation is 2. The zero-order valence-corrected chi connectivity index (χ0v) is 66.2. The molecular formula is C99H76F5N19O2. The number of aliphatic hydroxyl groups excluding tert-OH is 1. The van der Waals surface area contributed by atoms with E-state index < -0.39 is 0 Å². The van der Waals surface area contributed by atoms with Crippen molar-refractivity contribution in [3.8, 4) is 112 Å². The normalized spacial score (nSPS) is 11.0. The Bertz CT molecular complexity index is 7550. The van der Waals surface area contributed by atoms with E-state index in [4.69, 9.17) is 33.1 Å². The molecular weight excluding hydrogens is 1580 g/mol. The van der Waals surface area contributed by atoms with Crippen LogP contribution in [0.2, 0.25) is 0 Å². The van der Waals surface area contributed by atoms with Gasteiger partial charge in [0, 0.05) is 107 Å². The number of benzene rings is 11. The van der Waals surface area contributed by atoms with Crippen LogP contribution in [-0.2, 0) is 20.7 Å². The fourth-order valence-corrected chi connectivity index (χ4v) is 14.8. The minimum atomic E-state index is -0.285. The van der Waals surface area contributed by atoms with Gasteiger partial charge in [0.2, 0.25) is 5.89 Å². The van der Waals surface area contributed by atoms with Crippen molar-refractivity contribution >= 4 is 94.0 Å². The van der Waals surface area contributed by atoms with E-state index in [1.807, 2.05) is 177 Å². The highest BCUT2D eigenvalue weighted by atomic mass is 19.1. The Hall–Kier alpha value is -16.7. The summed E-state index contributed by atoms with van der Waals surface area (Å²) >= 11 is 0. The number of aliphatic hydroxyl groups is 1. The van der Waals surface area contributed by atoms with Crippen molar-refractivity contribution in [1.82, 2.24) is 69.2 Å². The third-order valence-corrected chi connectivity index (χ3v) is 20.9. The van der Waals surface area contributed by atoms with Crippen molar-refractivity contribution in [2.45, 2.75) is 14.0 Å². The standard InChI is InChI=1S/C22H15FN4.C21H16FN3O.C19H15FN4.C18H14FN5.C18H12FN3O.CH4/c23-15-5-3-4-13(10-15)14-8-9-16-17(11-14)21(24)25-12-18(16)22-26-19-6-1-2-7-20(19)27-22;22-16-3-1-2-14(9-16)15-4-5-17-18(10-15)21(23)25-11-19(17)20-8-13(12-26)6-7-24-20;1-24-10-18(23-11-24)17-9-22-19(21)16-8-13(5-6-15(16)17)12-3-2-4-14(20)7-12;1-24-18(22-10-23-24)16-9-21-17(20)15-8-12(5-6-14(15)16)11-3-2-4-13(19)7-11;19-13-3-1-2-11(8-13)12-4-5-14-15(9-12)17(20)22-10-16(14)18-21-6-7-23-18;/h1-12H,(H2,24,25)(H,26,27);1-11,26H,12H2,(H2,23,25);2-11H,1H3,(H2,21,22);2-10H,1H3,(H2,20,21);1-10H,(H2,20,22);1H4. The molecule has 0 amide bonds. The summed E-state index contributed by atoms with van der Waals surface area (Å²) in [6.45, 7) is -0.0560. The molecule has 0 saturated heterocycles.